The molecule has 1 saturated heterocycles. The number of morpholine rings is 1. The third-order valence-electron chi connectivity index (χ3n) is 3.95. The van der Waals surface area contributed by atoms with Gasteiger partial charge in [0.05, 0.1) is 18.8 Å². The second-order valence-electron chi connectivity index (χ2n) is 5.55. The summed E-state index contributed by atoms with van der Waals surface area (Å²) in [4.78, 5) is 14.4. The van der Waals surface area contributed by atoms with Crippen LogP contribution in [0.25, 0.3) is 0 Å². The van der Waals surface area contributed by atoms with Crippen LogP contribution < -0.4 is 5.32 Å². The van der Waals surface area contributed by atoms with E-state index in [1.165, 1.54) is 0 Å². The smallest absolute Gasteiger partial charge is 0.250 e. The van der Waals surface area contributed by atoms with Crippen molar-refractivity contribution in [3.63, 3.8) is 0 Å². The number of carbonyl (C=O) groups excluding carboxylic acids is 1. The molecule has 1 aromatic rings. The van der Waals surface area contributed by atoms with E-state index >= 15 is 0 Å². The van der Waals surface area contributed by atoms with Crippen LogP contribution in [0.4, 0.5) is 0 Å². The van der Waals surface area contributed by atoms with Crippen molar-refractivity contribution in [2.75, 3.05) is 26.2 Å². The summed E-state index contributed by atoms with van der Waals surface area (Å²) in [5.74, 6) is -0.182. The van der Waals surface area contributed by atoms with E-state index in [4.69, 9.17) is 16.3 Å². The average Bonchev–Trinajstić information content (AvgIpc) is 2.54. The molecular formula is C16H23ClN2O3. The highest BCUT2D eigenvalue weighted by Gasteiger charge is 2.28. The van der Waals surface area contributed by atoms with Crippen LogP contribution in [-0.2, 0) is 9.53 Å². The molecule has 0 aromatic heterocycles. The summed E-state index contributed by atoms with van der Waals surface area (Å²) in [6.45, 7) is 6.73. The Kier molecular flexibility index (Phi) is 6.20. The van der Waals surface area contributed by atoms with E-state index in [-0.39, 0.29) is 5.91 Å². The summed E-state index contributed by atoms with van der Waals surface area (Å²) in [5, 5.41) is 13.8. The van der Waals surface area contributed by atoms with E-state index < -0.39 is 18.2 Å². The highest BCUT2D eigenvalue weighted by atomic mass is 35.5. The van der Waals surface area contributed by atoms with Crippen LogP contribution in [0.3, 0.4) is 0 Å². The fraction of sp³-hybridized carbons (Fsp3) is 0.562. The Balaban J connectivity index is 1.91. The Hall–Kier alpha value is -1.14. The number of nitrogens with zero attached hydrogens (tertiary/aromatic N) is 1. The van der Waals surface area contributed by atoms with Gasteiger partial charge in [0.15, 0.2) is 0 Å². The lowest BCUT2D eigenvalue weighted by atomic mass is 10.0. The molecule has 3 atom stereocenters. The van der Waals surface area contributed by atoms with E-state index in [0.29, 0.717) is 18.2 Å². The van der Waals surface area contributed by atoms with Crippen LogP contribution in [-0.4, -0.2) is 54.3 Å². The first-order chi connectivity index (χ1) is 10.5. The van der Waals surface area contributed by atoms with Gasteiger partial charge in [0.2, 0.25) is 0 Å². The normalized spacial score (nSPS) is 22.1. The first-order valence-corrected chi connectivity index (χ1v) is 7.97. The molecule has 22 heavy (non-hydrogen) atoms. The summed E-state index contributed by atoms with van der Waals surface area (Å²) in [6.07, 6.45) is -1.26. The van der Waals surface area contributed by atoms with Gasteiger partial charge in [-0.1, -0.05) is 30.7 Å². The van der Waals surface area contributed by atoms with Gasteiger partial charge in [-0.3, -0.25) is 9.69 Å². The SMILES string of the molecule is CCN1CCOC(C(=O)NC(C)C(O)c2ccc(Cl)cc2)C1. The summed E-state index contributed by atoms with van der Waals surface area (Å²) < 4.78 is 5.52. The molecule has 2 N–H and O–H groups in total. The van der Waals surface area contributed by atoms with Gasteiger partial charge in [0.1, 0.15) is 6.10 Å². The number of nitrogens with one attached hydrogen (secondary N) is 1. The molecule has 3 unspecified atom stereocenters. The number of likely N-dealkylation sites (N-methyl/N-ethyl adjacent to an activating group) is 1. The minimum absolute atomic E-state index is 0.182. The van der Waals surface area contributed by atoms with Crippen molar-refractivity contribution < 1.29 is 14.6 Å². The predicted octanol–water partition coefficient (Wildman–Crippen LogP) is 1.60. The highest BCUT2D eigenvalue weighted by Crippen LogP contribution is 2.19. The molecule has 5 nitrogen and oxygen atoms in total. The molecule has 0 radical (unpaired) electrons. The van der Waals surface area contributed by atoms with Gasteiger partial charge in [-0.2, -0.15) is 0 Å². The minimum Gasteiger partial charge on any atom is -0.386 e. The zero-order valence-corrected chi connectivity index (χ0v) is 13.7. The maximum absolute atomic E-state index is 12.3. The molecule has 1 aromatic carbocycles. The van der Waals surface area contributed by atoms with Crippen molar-refractivity contribution in [2.24, 2.45) is 0 Å². The van der Waals surface area contributed by atoms with Gasteiger partial charge in [0.25, 0.3) is 5.91 Å². The molecule has 0 spiro atoms. The monoisotopic (exact) mass is 326 g/mol. The number of benzene rings is 1. The van der Waals surface area contributed by atoms with E-state index in [9.17, 15) is 9.90 Å². The van der Waals surface area contributed by atoms with Crippen molar-refractivity contribution in [1.29, 1.82) is 0 Å². The average molecular weight is 327 g/mol. The second kappa shape index (κ2) is 7.92. The molecule has 1 aliphatic rings. The Morgan fingerprint density at radius 2 is 2.18 bits per heavy atom. The van der Waals surface area contributed by atoms with Gasteiger partial charge < -0.3 is 15.2 Å². The number of ether oxygens (including phenoxy) is 1. The van der Waals surface area contributed by atoms with Crippen molar-refractivity contribution in [3.05, 3.63) is 34.9 Å². The van der Waals surface area contributed by atoms with Crippen LogP contribution in [0.1, 0.15) is 25.5 Å². The van der Waals surface area contributed by atoms with E-state index in [1.54, 1.807) is 31.2 Å². The van der Waals surface area contributed by atoms with Gasteiger partial charge in [-0.05, 0) is 31.2 Å². The van der Waals surface area contributed by atoms with Crippen molar-refractivity contribution in [1.82, 2.24) is 10.2 Å². The first kappa shape index (κ1) is 17.2. The van der Waals surface area contributed by atoms with Gasteiger partial charge >= 0.3 is 0 Å². The molecule has 122 valence electrons. The fourth-order valence-electron chi connectivity index (χ4n) is 2.49. The van der Waals surface area contributed by atoms with Crippen LogP contribution >= 0.6 is 11.6 Å². The van der Waals surface area contributed by atoms with Crippen molar-refractivity contribution >= 4 is 17.5 Å². The molecular weight excluding hydrogens is 304 g/mol. The topological polar surface area (TPSA) is 61.8 Å². The number of carbonyl (C=O) groups is 1. The number of aliphatic hydroxyl groups excluding tert-OH is 1. The minimum atomic E-state index is -0.785. The summed E-state index contributed by atoms with van der Waals surface area (Å²) in [5.41, 5.74) is 0.719. The van der Waals surface area contributed by atoms with Crippen LogP contribution in [0.5, 0.6) is 0 Å². The van der Waals surface area contributed by atoms with E-state index in [2.05, 4.69) is 17.1 Å². The maximum atomic E-state index is 12.3. The number of halogens is 1. The fourth-order valence-corrected chi connectivity index (χ4v) is 2.62. The quantitative estimate of drug-likeness (QED) is 0.863. The van der Waals surface area contributed by atoms with Gasteiger partial charge in [-0.15, -0.1) is 0 Å². The first-order valence-electron chi connectivity index (χ1n) is 7.59. The number of amides is 1. The maximum Gasteiger partial charge on any atom is 0.250 e. The molecule has 2 rings (SSSR count). The molecule has 1 fully saturated rings. The summed E-state index contributed by atoms with van der Waals surface area (Å²) >= 11 is 5.84. The predicted molar refractivity (Wildman–Crippen MR) is 85.9 cm³/mol. The summed E-state index contributed by atoms with van der Waals surface area (Å²) in [7, 11) is 0. The van der Waals surface area contributed by atoms with Crippen LogP contribution in [0.15, 0.2) is 24.3 Å². The number of aliphatic hydroxyl groups is 1. The van der Waals surface area contributed by atoms with Crippen LogP contribution in [0, 0.1) is 0 Å². The third kappa shape index (κ3) is 4.43. The molecule has 0 bridgehead atoms. The molecule has 1 heterocycles. The second-order valence-corrected chi connectivity index (χ2v) is 5.98. The number of hydrogen-bond acceptors (Lipinski definition) is 4. The summed E-state index contributed by atoms with van der Waals surface area (Å²) in [6, 6.07) is 6.54. The highest BCUT2D eigenvalue weighted by molar-refractivity contribution is 6.30. The standard InChI is InChI=1S/C16H23ClN2O3/c1-3-19-8-9-22-14(10-19)16(21)18-11(2)15(20)12-4-6-13(17)7-5-12/h4-7,11,14-15,20H,3,8-10H2,1-2H3,(H,18,21). The zero-order chi connectivity index (χ0) is 16.1. The Bertz CT molecular complexity index is 495. The van der Waals surface area contributed by atoms with Crippen molar-refractivity contribution in [2.45, 2.75) is 32.1 Å². The van der Waals surface area contributed by atoms with Gasteiger partial charge in [-0.25, -0.2) is 0 Å². The Labute approximate surface area is 136 Å². The molecule has 6 heteroatoms. The zero-order valence-electron chi connectivity index (χ0n) is 13.0. The molecule has 0 saturated carbocycles. The van der Waals surface area contributed by atoms with Crippen LogP contribution in [0.2, 0.25) is 5.02 Å². The molecule has 1 amide bonds. The van der Waals surface area contributed by atoms with E-state index in [1.807, 2.05) is 0 Å². The number of hydrogen-bond donors (Lipinski definition) is 2. The van der Waals surface area contributed by atoms with Crippen molar-refractivity contribution in [3.8, 4) is 0 Å². The van der Waals surface area contributed by atoms with E-state index in [0.717, 1.165) is 18.7 Å². The lowest BCUT2D eigenvalue weighted by molar-refractivity contribution is -0.139. The molecule has 1 aliphatic heterocycles. The largest absolute Gasteiger partial charge is 0.386 e. The Morgan fingerprint density at radius 3 is 2.82 bits per heavy atom. The Morgan fingerprint density at radius 1 is 1.50 bits per heavy atom. The number of rotatable bonds is 5. The third-order valence-corrected chi connectivity index (χ3v) is 4.20. The van der Waals surface area contributed by atoms with Gasteiger partial charge in [0, 0.05) is 18.1 Å². The lowest BCUT2D eigenvalue weighted by Crippen LogP contribution is -2.52. The molecule has 0 aliphatic carbocycles. The lowest BCUT2D eigenvalue weighted by Gasteiger charge is -2.32.